The van der Waals surface area contributed by atoms with E-state index in [2.05, 4.69) is 23.6 Å². The van der Waals surface area contributed by atoms with Crippen LogP contribution in [0, 0.1) is 5.92 Å². The number of nitrogens with one attached hydrogen (secondary N) is 2. The highest BCUT2D eigenvalue weighted by atomic mass is 35.5. The van der Waals surface area contributed by atoms with Gasteiger partial charge in [0.25, 0.3) is 0 Å². The normalized spacial score (nSPS) is 15.3. The number of carbonyl (C=O) groups excluding carboxylic acids is 1. The van der Waals surface area contributed by atoms with Gasteiger partial charge in [0.05, 0.1) is 0 Å². The molecular formula is C17H27ClN2O. The summed E-state index contributed by atoms with van der Waals surface area (Å²) < 4.78 is 0. The van der Waals surface area contributed by atoms with Crippen LogP contribution in [0.2, 0.25) is 0 Å². The van der Waals surface area contributed by atoms with Crippen molar-refractivity contribution in [1.29, 1.82) is 0 Å². The second-order valence-electron chi connectivity index (χ2n) is 5.69. The molecule has 1 amide bonds. The van der Waals surface area contributed by atoms with Crippen molar-refractivity contribution in [1.82, 2.24) is 5.32 Å². The molecule has 1 aliphatic heterocycles. The van der Waals surface area contributed by atoms with Crippen LogP contribution in [0.5, 0.6) is 0 Å². The molecule has 1 saturated heterocycles. The number of hydrogen-bond donors (Lipinski definition) is 2. The molecule has 0 unspecified atom stereocenters. The maximum Gasteiger partial charge on any atom is 0.224 e. The van der Waals surface area contributed by atoms with Crippen LogP contribution < -0.4 is 10.6 Å². The van der Waals surface area contributed by atoms with E-state index in [-0.39, 0.29) is 18.3 Å². The third-order valence-electron chi connectivity index (χ3n) is 4.05. The van der Waals surface area contributed by atoms with Gasteiger partial charge in [-0.05, 0) is 56.3 Å². The second-order valence-corrected chi connectivity index (χ2v) is 5.69. The van der Waals surface area contributed by atoms with E-state index in [0.717, 1.165) is 38.0 Å². The highest BCUT2D eigenvalue weighted by molar-refractivity contribution is 5.91. The Bertz CT molecular complexity index is 431. The van der Waals surface area contributed by atoms with Gasteiger partial charge >= 0.3 is 0 Å². The number of piperidine rings is 1. The molecule has 0 aliphatic carbocycles. The average Bonchev–Trinajstić information content (AvgIpc) is 2.49. The lowest BCUT2D eigenvalue weighted by Gasteiger charge is -2.22. The largest absolute Gasteiger partial charge is 0.326 e. The highest BCUT2D eigenvalue weighted by Gasteiger charge is 2.14. The van der Waals surface area contributed by atoms with Crippen LogP contribution in [0.3, 0.4) is 0 Å². The van der Waals surface area contributed by atoms with Crippen molar-refractivity contribution < 1.29 is 4.79 Å². The van der Waals surface area contributed by atoms with Gasteiger partial charge in [-0.2, -0.15) is 0 Å². The van der Waals surface area contributed by atoms with Gasteiger partial charge in [0.15, 0.2) is 0 Å². The fraction of sp³-hybridized carbons (Fsp3) is 0.588. The van der Waals surface area contributed by atoms with Crippen LogP contribution in [-0.2, 0) is 11.2 Å². The van der Waals surface area contributed by atoms with Crippen LogP contribution in [0.25, 0.3) is 0 Å². The molecule has 0 saturated carbocycles. The molecule has 0 radical (unpaired) electrons. The predicted octanol–water partition coefficient (Wildman–Crippen LogP) is 3.78. The average molecular weight is 311 g/mol. The number of para-hydroxylation sites is 1. The van der Waals surface area contributed by atoms with Crippen molar-refractivity contribution in [2.45, 2.75) is 45.4 Å². The molecule has 1 aliphatic rings. The Kier molecular flexibility index (Phi) is 8.40. The van der Waals surface area contributed by atoms with Crippen molar-refractivity contribution in [2.75, 3.05) is 18.4 Å². The van der Waals surface area contributed by atoms with Gasteiger partial charge in [-0.3, -0.25) is 4.79 Å². The van der Waals surface area contributed by atoms with Crippen LogP contribution in [0.15, 0.2) is 24.3 Å². The second kappa shape index (κ2) is 9.80. The minimum atomic E-state index is 0. The maximum absolute atomic E-state index is 12.1. The van der Waals surface area contributed by atoms with Gasteiger partial charge in [-0.25, -0.2) is 0 Å². The molecule has 21 heavy (non-hydrogen) atoms. The number of halogens is 1. The summed E-state index contributed by atoms with van der Waals surface area (Å²) in [6.45, 7) is 4.37. The highest BCUT2D eigenvalue weighted by Crippen LogP contribution is 2.20. The minimum absolute atomic E-state index is 0. The van der Waals surface area contributed by atoms with Crippen molar-refractivity contribution in [3.63, 3.8) is 0 Å². The lowest BCUT2D eigenvalue weighted by molar-refractivity contribution is -0.116. The molecule has 1 aromatic carbocycles. The molecule has 0 bridgehead atoms. The number of carbonyl (C=O) groups is 1. The van der Waals surface area contributed by atoms with Crippen molar-refractivity contribution in [2.24, 2.45) is 5.92 Å². The summed E-state index contributed by atoms with van der Waals surface area (Å²) in [6, 6.07) is 8.14. The van der Waals surface area contributed by atoms with E-state index in [1.807, 2.05) is 18.2 Å². The standard InChI is InChI=1S/C17H26N2O.ClH/c1-2-5-15-6-3-4-7-16(15)19-17(20)9-8-14-10-12-18-13-11-14;/h3-4,6-7,14,18H,2,5,8-13H2,1H3,(H,19,20);1H. The van der Waals surface area contributed by atoms with E-state index in [1.54, 1.807) is 0 Å². The van der Waals surface area contributed by atoms with Gasteiger partial charge in [0.2, 0.25) is 5.91 Å². The topological polar surface area (TPSA) is 41.1 Å². The smallest absolute Gasteiger partial charge is 0.224 e. The summed E-state index contributed by atoms with van der Waals surface area (Å²) in [5, 5.41) is 6.44. The van der Waals surface area contributed by atoms with Crippen molar-refractivity contribution >= 4 is 24.0 Å². The molecule has 0 atom stereocenters. The summed E-state index contributed by atoms with van der Waals surface area (Å²) >= 11 is 0. The van der Waals surface area contributed by atoms with E-state index in [9.17, 15) is 4.79 Å². The van der Waals surface area contributed by atoms with E-state index in [0.29, 0.717) is 12.3 Å². The zero-order valence-electron chi connectivity index (χ0n) is 12.9. The van der Waals surface area contributed by atoms with E-state index in [4.69, 9.17) is 0 Å². The van der Waals surface area contributed by atoms with Gasteiger partial charge < -0.3 is 10.6 Å². The predicted molar refractivity (Wildman–Crippen MR) is 91.1 cm³/mol. The Labute approximate surface area is 134 Å². The maximum atomic E-state index is 12.1. The van der Waals surface area contributed by atoms with Crippen LogP contribution in [0.4, 0.5) is 5.69 Å². The van der Waals surface area contributed by atoms with Gasteiger partial charge in [0, 0.05) is 12.1 Å². The minimum Gasteiger partial charge on any atom is -0.326 e. The Morgan fingerprint density at radius 1 is 1.29 bits per heavy atom. The quantitative estimate of drug-likeness (QED) is 0.839. The summed E-state index contributed by atoms with van der Waals surface area (Å²) in [5.74, 6) is 0.875. The number of rotatable bonds is 6. The first-order chi connectivity index (χ1) is 9.79. The molecule has 1 fully saturated rings. The van der Waals surface area contributed by atoms with Crippen LogP contribution in [-0.4, -0.2) is 19.0 Å². The molecule has 4 heteroatoms. The van der Waals surface area contributed by atoms with Gasteiger partial charge in [-0.1, -0.05) is 31.5 Å². The van der Waals surface area contributed by atoms with Gasteiger partial charge in [-0.15, -0.1) is 12.4 Å². The van der Waals surface area contributed by atoms with Gasteiger partial charge in [0.1, 0.15) is 0 Å². The summed E-state index contributed by atoms with van der Waals surface area (Å²) in [5.41, 5.74) is 2.23. The van der Waals surface area contributed by atoms with Crippen molar-refractivity contribution in [3.8, 4) is 0 Å². The molecule has 2 N–H and O–H groups in total. The molecule has 1 heterocycles. The van der Waals surface area contributed by atoms with E-state index < -0.39 is 0 Å². The third kappa shape index (κ3) is 6.06. The lowest BCUT2D eigenvalue weighted by Crippen LogP contribution is -2.28. The lowest BCUT2D eigenvalue weighted by atomic mass is 9.93. The SMILES string of the molecule is CCCc1ccccc1NC(=O)CCC1CCNCC1.Cl. The molecule has 0 spiro atoms. The summed E-state index contributed by atoms with van der Waals surface area (Å²) in [7, 11) is 0. The molecular weight excluding hydrogens is 284 g/mol. The molecule has 1 aromatic rings. The Hall–Kier alpha value is -1.06. The first-order valence-electron chi connectivity index (χ1n) is 7.88. The Morgan fingerprint density at radius 2 is 2.00 bits per heavy atom. The number of benzene rings is 1. The molecule has 2 rings (SSSR count). The summed E-state index contributed by atoms with van der Waals surface area (Å²) in [6.07, 6.45) is 6.20. The molecule has 3 nitrogen and oxygen atoms in total. The Balaban J connectivity index is 0.00000220. The first kappa shape index (κ1) is 18.0. The number of aryl methyl sites for hydroxylation is 1. The number of hydrogen-bond acceptors (Lipinski definition) is 2. The fourth-order valence-electron chi connectivity index (χ4n) is 2.85. The van der Waals surface area contributed by atoms with E-state index in [1.165, 1.54) is 18.4 Å². The zero-order valence-corrected chi connectivity index (χ0v) is 13.7. The monoisotopic (exact) mass is 310 g/mol. The van der Waals surface area contributed by atoms with Crippen LogP contribution in [0.1, 0.15) is 44.6 Å². The molecule has 118 valence electrons. The van der Waals surface area contributed by atoms with Crippen molar-refractivity contribution in [3.05, 3.63) is 29.8 Å². The number of amides is 1. The van der Waals surface area contributed by atoms with E-state index >= 15 is 0 Å². The molecule has 0 aromatic heterocycles. The first-order valence-corrected chi connectivity index (χ1v) is 7.88. The Morgan fingerprint density at radius 3 is 2.71 bits per heavy atom. The van der Waals surface area contributed by atoms with Crippen LogP contribution >= 0.6 is 12.4 Å². The third-order valence-corrected chi connectivity index (χ3v) is 4.05. The summed E-state index contributed by atoms with van der Waals surface area (Å²) in [4.78, 5) is 12.1. The zero-order chi connectivity index (χ0) is 14.2. The fourth-order valence-corrected chi connectivity index (χ4v) is 2.85. The number of anilines is 1.